The second kappa shape index (κ2) is 5.43. The maximum atomic E-state index is 13.3. The molecule has 0 spiro atoms. The van der Waals surface area contributed by atoms with Crippen LogP contribution in [-0.4, -0.2) is 5.78 Å². The fourth-order valence-corrected chi connectivity index (χ4v) is 2.66. The third kappa shape index (κ3) is 2.72. The van der Waals surface area contributed by atoms with Crippen LogP contribution in [0, 0.1) is 19.7 Å². The van der Waals surface area contributed by atoms with Gasteiger partial charge in [-0.05, 0) is 65.2 Å². The van der Waals surface area contributed by atoms with Crippen LogP contribution in [0.5, 0.6) is 0 Å². The van der Waals surface area contributed by atoms with E-state index in [1.807, 2.05) is 0 Å². The maximum Gasteiger partial charge on any atom is 0.195 e. The van der Waals surface area contributed by atoms with Crippen LogP contribution < -0.4 is 0 Å². The quantitative estimate of drug-likeness (QED) is 0.695. The molecule has 2 rings (SSSR count). The molecule has 2 aromatic rings. The highest BCUT2D eigenvalue weighted by Gasteiger charge is 2.18. The Morgan fingerprint density at radius 1 is 1.21 bits per heavy atom. The second-order valence-electron chi connectivity index (χ2n) is 4.35. The highest BCUT2D eigenvalue weighted by molar-refractivity contribution is 9.10. The first-order valence-corrected chi connectivity index (χ1v) is 6.84. The first-order valence-electron chi connectivity index (χ1n) is 5.67. The first kappa shape index (κ1) is 14.2. The van der Waals surface area contributed by atoms with Crippen LogP contribution in [0.3, 0.4) is 0 Å². The summed E-state index contributed by atoms with van der Waals surface area (Å²) in [5.74, 6) is -0.534. The Balaban J connectivity index is 2.60. The molecule has 4 heteroatoms. The molecule has 0 unspecified atom stereocenters. The number of benzene rings is 2. The summed E-state index contributed by atoms with van der Waals surface area (Å²) in [4.78, 5) is 12.5. The lowest BCUT2D eigenvalue weighted by Gasteiger charge is -2.11. The van der Waals surface area contributed by atoms with Crippen molar-refractivity contribution in [3.63, 3.8) is 0 Å². The summed E-state index contributed by atoms with van der Waals surface area (Å²) in [5.41, 5.74) is 2.13. The van der Waals surface area contributed by atoms with E-state index in [-0.39, 0.29) is 11.6 Å². The van der Waals surface area contributed by atoms with Crippen molar-refractivity contribution in [2.24, 2.45) is 0 Å². The lowest BCUT2D eigenvalue weighted by Crippen LogP contribution is -2.07. The zero-order valence-corrected chi connectivity index (χ0v) is 12.8. The molecule has 0 aromatic heterocycles. The molecule has 0 heterocycles. The van der Waals surface area contributed by atoms with Gasteiger partial charge in [0.05, 0.1) is 5.02 Å². The smallest absolute Gasteiger partial charge is 0.195 e. The van der Waals surface area contributed by atoms with Crippen LogP contribution in [0.2, 0.25) is 5.02 Å². The van der Waals surface area contributed by atoms with Crippen LogP contribution in [-0.2, 0) is 0 Å². The lowest BCUT2D eigenvalue weighted by atomic mass is 9.95. The molecule has 0 atom stereocenters. The fourth-order valence-electron chi connectivity index (χ4n) is 2.08. The van der Waals surface area contributed by atoms with Crippen molar-refractivity contribution in [1.29, 1.82) is 0 Å². The minimum absolute atomic E-state index is 0.193. The largest absolute Gasteiger partial charge is 0.289 e. The Hall–Kier alpha value is -1.19. The second-order valence-corrected chi connectivity index (χ2v) is 5.58. The zero-order chi connectivity index (χ0) is 14.2. The van der Waals surface area contributed by atoms with Crippen molar-refractivity contribution >= 4 is 33.3 Å². The van der Waals surface area contributed by atoms with Gasteiger partial charge >= 0.3 is 0 Å². The van der Waals surface area contributed by atoms with Gasteiger partial charge < -0.3 is 0 Å². The normalized spacial score (nSPS) is 10.6. The molecule has 0 aliphatic carbocycles. The number of hydrogen-bond acceptors (Lipinski definition) is 1. The third-order valence-electron chi connectivity index (χ3n) is 2.92. The Labute approximate surface area is 124 Å². The fraction of sp³-hybridized carbons (Fsp3) is 0.133. The van der Waals surface area contributed by atoms with Gasteiger partial charge in [0.15, 0.2) is 5.78 Å². The number of carbonyl (C=O) groups is 1. The first-order chi connectivity index (χ1) is 8.91. The Kier molecular flexibility index (Phi) is 4.07. The summed E-state index contributed by atoms with van der Waals surface area (Å²) >= 11 is 9.42. The van der Waals surface area contributed by atoms with E-state index >= 15 is 0 Å². The van der Waals surface area contributed by atoms with Gasteiger partial charge in [-0.3, -0.25) is 4.79 Å². The van der Waals surface area contributed by atoms with Crippen LogP contribution in [0.15, 0.2) is 34.8 Å². The van der Waals surface area contributed by atoms with Gasteiger partial charge in [0, 0.05) is 15.6 Å². The lowest BCUT2D eigenvalue weighted by molar-refractivity contribution is 0.103. The van der Waals surface area contributed by atoms with E-state index < -0.39 is 0 Å². The Morgan fingerprint density at radius 3 is 2.37 bits per heavy atom. The van der Waals surface area contributed by atoms with Crippen LogP contribution in [0.4, 0.5) is 4.39 Å². The predicted molar refractivity (Wildman–Crippen MR) is 78.5 cm³/mol. The summed E-state index contributed by atoms with van der Waals surface area (Å²) in [6, 6.07) is 7.89. The van der Waals surface area contributed by atoms with E-state index in [1.165, 1.54) is 12.1 Å². The number of rotatable bonds is 2. The number of hydrogen-bond donors (Lipinski definition) is 0. The topological polar surface area (TPSA) is 17.1 Å². The summed E-state index contributed by atoms with van der Waals surface area (Å²) in [7, 11) is 0. The molecular weight excluding hydrogens is 331 g/mol. The maximum absolute atomic E-state index is 13.3. The molecule has 0 saturated heterocycles. The van der Waals surface area contributed by atoms with E-state index in [1.54, 1.807) is 32.0 Å². The minimum Gasteiger partial charge on any atom is -0.289 e. The van der Waals surface area contributed by atoms with E-state index in [2.05, 4.69) is 15.9 Å². The van der Waals surface area contributed by atoms with E-state index in [4.69, 9.17) is 11.6 Å². The van der Waals surface area contributed by atoms with Crippen molar-refractivity contribution in [3.05, 3.63) is 67.9 Å². The summed E-state index contributed by atoms with van der Waals surface area (Å²) in [6.45, 7) is 3.43. The summed E-state index contributed by atoms with van der Waals surface area (Å²) < 4.78 is 13.9. The Bertz CT molecular complexity index is 644. The van der Waals surface area contributed by atoms with E-state index in [9.17, 15) is 9.18 Å². The third-order valence-corrected chi connectivity index (χ3v) is 4.22. The van der Waals surface area contributed by atoms with Gasteiger partial charge in [-0.2, -0.15) is 0 Å². The number of halogens is 3. The molecule has 0 N–H and O–H groups in total. The highest BCUT2D eigenvalue weighted by Crippen LogP contribution is 2.29. The van der Waals surface area contributed by atoms with Crippen molar-refractivity contribution in [1.82, 2.24) is 0 Å². The SMILES string of the molecule is Cc1cc(F)cc(C)c1C(=O)c1cccc(Br)c1Cl. The molecule has 0 fully saturated rings. The average Bonchev–Trinajstić information content (AvgIpc) is 2.31. The van der Waals surface area contributed by atoms with Crippen molar-refractivity contribution in [3.8, 4) is 0 Å². The minimum atomic E-state index is -0.341. The van der Waals surface area contributed by atoms with Gasteiger partial charge in [-0.15, -0.1) is 0 Å². The molecule has 1 nitrogen and oxygen atoms in total. The van der Waals surface area contributed by atoms with Crippen molar-refractivity contribution in [2.75, 3.05) is 0 Å². The van der Waals surface area contributed by atoms with Crippen molar-refractivity contribution < 1.29 is 9.18 Å². The molecule has 0 bridgehead atoms. The van der Waals surface area contributed by atoms with Gasteiger partial charge in [0.2, 0.25) is 0 Å². The van der Waals surface area contributed by atoms with Gasteiger partial charge in [-0.1, -0.05) is 17.7 Å². The molecule has 2 aromatic carbocycles. The number of carbonyl (C=O) groups excluding carboxylic acids is 1. The number of ketones is 1. The molecular formula is C15H11BrClFO. The predicted octanol–water partition coefficient (Wildman–Crippen LogP) is 5.09. The molecule has 0 saturated carbocycles. The monoisotopic (exact) mass is 340 g/mol. The standard InChI is InChI=1S/C15H11BrClFO/c1-8-6-10(18)7-9(2)13(8)15(19)11-4-3-5-12(16)14(11)17/h3-7H,1-2H3. The van der Waals surface area contributed by atoms with Crippen molar-refractivity contribution in [2.45, 2.75) is 13.8 Å². The molecule has 0 aliphatic rings. The molecule has 0 amide bonds. The Morgan fingerprint density at radius 2 is 1.79 bits per heavy atom. The van der Waals surface area contributed by atoms with Crippen LogP contribution >= 0.6 is 27.5 Å². The average molecular weight is 342 g/mol. The van der Waals surface area contributed by atoms with Gasteiger partial charge in [0.1, 0.15) is 5.82 Å². The van der Waals surface area contributed by atoms with Crippen LogP contribution in [0.25, 0.3) is 0 Å². The summed E-state index contributed by atoms with van der Waals surface area (Å²) in [5, 5.41) is 0.371. The van der Waals surface area contributed by atoms with Gasteiger partial charge in [0.25, 0.3) is 0 Å². The molecule has 98 valence electrons. The van der Waals surface area contributed by atoms with E-state index in [0.717, 1.165) is 0 Å². The zero-order valence-electron chi connectivity index (χ0n) is 10.4. The molecule has 0 radical (unpaired) electrons. The molecule has 19 heavy (non-hydrogen) atoms. The van der Waals surface area contributed by atoms with Crippen LogP contribution in [0.1, 0.15) is 27.0 Å². The van der Waals surface area contributed by atoms with E-state index in [0.29, 0.717) is 31.7 Å². The number of aryl methyl sites for hydroxylation is 2. The summed E-state index contributed by atoms with van der Waals surface area (Å²) in [6.07, 6.45) is 0. The molecule has 0 aliphatic heterocycles. The van der Waals surface area contributed by atoms with Gasteiger partial charge in [-0.25, -0.2) is 4.39 Å². The highest BCUT2D eigenvalue weighted by atomic mass is 79.9.